The number of aryl methyl sites for hydroxylation is 2. The average molecular weight is 259 g/mol. The van der Waals surface area contributed by atoms with Gasteiger partial charge in [0.1, 0.15) is 17.3 Å². The van der Waals surface area contributed by atoms with Gasteiger partial charge in [0.2, 0.25) is 5.91 Å². The van der Waals surface area contributed by atoms with Crippen LogP contribution < -0.4 is 5.32 Å². The summed E-state index contributed by atoms with van der Waals surface area (Å²) in [6.45, 7) is 3.57. The molecule has 0 saturated heterocycles. The summed E-state index contributed by atoms with van der Waals surface area (Å²) in [5, 5.41) is 2.68. The zero-order valence-corrected chi connectivity index (χ0v) is 10.7. The maximum absolute atomic E-state index is 12.9. The van der Waals surface area contributed by atoms with Gasteiger partial charge in [0, 0.05) is 11.8 Å². The Morgan fingerprint density at radius 1 is 1.26 bits per heavy atom. The minimum absolute atomic E-state index is 0.288. The molecule has 0 bridgehead atoms. The Morgan fingerprint density at radius 3 is 2.68 bits per heavy atom. The van der Waals surface area contributed by atoms with Crippen LogP contribution in [0.25, 0.3) is 6.08 Å². The van der Waals surface area contributed by atoms with E-state index >= 15 is 0 Å². The van der Waals surface area contributed by atoms with Gasteiger partial charge in [0.15, 0.2) is 0 Å². The second-order valence-corrected chi connectivity index (χ2v) is 4.23. The highest BCUT2D eigenvalue weighted by molar-refractivity contribution is 6.02. The van der Waals surface area contributed by atoms with Crippen molar-refractivity contribution in [3.05, 3.63) is 59.3 Å². The number of hydrogen-bond donors (Lipinski definition) is 1. The Morgan fingerprint density at radius 2 is 2.05 bits per heavy atom. The molecular weight excluding hydrogens is 245 g/mol. The van der Waals surface area contributed by atoms with E-state index in [0.717, 1.165) is 5.76 Å². The van der Waals surface area contributed by atoms with Crippen LogP contribution in [-0.4, -0.2) is 5.91 Å². The van der Waals surface area contributed by atoms with Crippen LogP contribution in [0.3, 0.4) is 0 Å². The molecule has 1 aromatic heterocycles. The third-order valence-corrected chi connectivity index (χ3v) is 2.61. The Kier molecular flexibility index (Phi) is 3.80. The molecule has 4 heteroatoms. The fourth-order valence-corrected chi connectivity index (χ4v) is 1.64. The maximum Gasteiger partial charge on any atom is 0.248 e. The first-order valence-corrected chi connectivity index (χ1v) is 5.86. The van der Waals surface area contributed by atoms with Gasteiger partial charge in [-0.15, -0.1) is 0 Å². The predicted molar refractivity (Wildman–Crippen MR) is 72.2 cm³/mol. The van der Waals surface area contributed by atoms with Crippen molar-refractivity contribution in [1.82, 2.24) is 0 Å². The molecule has 1 amide bonds. The van der Waals surface area contributed by atoms with Gasteiger partial charge < -0.3 is 9.73 Å². The Bertz CT molecular complexity index is 629. The Hall–Kier alpha value is -2.36. The fraction of sp³-hybridized carbons (Fsp3) is 0.133. The molecule has 1 heterocycles. The highest BCUT2D eigenvalue weighted by Crippen LogP contribution is 2.15. The van der Waals surface area contributed by atoms with E-state index in [1.807, 2.05) is 13.0 Å². The maximum atomic E-state index is 12.9. The van der Waals surface area contributed by atoms with Crippen LogP contribution in [0.1, 0.15) is 17.1 Å². The van der Waals surface area contributed by atoms with Gasteiger partial charge in [-0.1, -0.05) is 0 Å². The standard InChI is InChI=1S/C15H14FNO2/c1-10-9-12(16)4-7-14(10)17-15(18)8-6-13-5-3-11(2)19-13/h3-9H,1-2H3,(H,17,18)/b8-6+. The number of amides is 1. The molecule has 1 aromatic carbocycles. The molecule has 0 aliphatic heterocycles. The molecule has 0 saturated carbocycles. The lowest BCUT2D eigenvalue weighted by atomic mass is 10.2. The lowest BCUT2D eigenvalue weighted by Crippen LogP contribution is -2.08. The molecule has 2 aromatic rings. The van der Waals surface area contributed by atoms with Gasteiger partial charge in [0.05, 0.1) is 0 Å². The zero-order chi connectivity index (χ0) is 13.8. The lowest BCUT2D eigenvalue weighted by molar-refractivity contribution is -0.111. The number of halogens is 1. The van der Waals surface area contributed by atoms with Crippen molar-refractivity contribution in [3.63, 3.8) is 0 Å². The minimum Gasteiger partial charge on any atom is -0.462 e. The van der Waals surface area contributed by atoms with Crippen molar-refractivity contribution in [3.8, 4) is 0 Å². The highest BCUT2D eigenvalue weighted by atomic mass is 19.1. The normalized spacial score (nSPS) is 10.9. The van der Waals surface area contributed by atoms with Crippen LogP contribution in [0.15, 0.2) is 40.8 Å². The van der Waals surface area contributed by atoms with Crippen molar-refractivity contribution < 1.29 is 13.6 Å². The molecule has 98 valence electrons. The third kappa shape index (κ3) is 3.55. The molecule has 0 atom stereocenters. The topological polar surface area (TPSA) is 42.2 Å². The van der Waals surface area contributed by atoms with Crippen molar-refractivity contribution in [2.75, 3.05) is 5.32 Å². The van der Waals surface area contributed by atoms with Crippen molar-refractivity contribution in [2.24, 2.45) is 0 Å². The number of carbonyl (C=O) groups excluding carboxylic acids is 1. The molecule has 0 aliphatic carbocycles. The van der Waals surface area contributed by atoms with Gasteiger partial charge >= 0.3 is 0 Å². The summed E-state index contributed by atoms with van der Waals surface area (Å²) in [6, 6.07) is 7.81. The van der Waals surface area contributed by atoms with E-state index in [-0.39, 0.29) is 11.7 Å². The zero-order valence-electron chi connectivity index (χ0n) is 10.7. The third-order valence-electron chi connectivity index (χ3n) is 2.61. The van der Waals surface area contributed by atoms with Crippen LogP contribution in [0, 0.1) is 19.7 Å². The van der Waals surface area contributed by atoms with Gasteiger partial charge in [-0.25, -0.2) is 4.39 Å². The number of carbonyl (C=O) groups is 1. The summed E-state index contributed by atoms with van der Waals surface area (Å²) in [4.78, 5) is 11.7. The minimum atomic E-state index is -0.322. The van der Waals surface area contributed by atoms with E-state index in [1.54, 1.807) is 19.1 Å². The molecule has 1 N–H and O–H groups in total. The summed E-state index contributed by atoms with van der Waals surface area (Å²) < 4.78 is 18.2. The summed E-state index contributed by atoms with van der Waals surface area (Å²) in [5.74, 6) is 0.791. The van der Waals surface area contributed by atoms with Crippen molar-refractivity contribution >= 4 is 17.7 Å². The number of furan rings is 1. The molecule has 2 rings (SSSR count). The first kappa shape index (κ1) is 13.1. The molecular formula is C15H14FNO2. The lowest BCUT2D eigenvalue weighted by Gasteiger charge is -2.05. The van der Waals surface area contributed by atoms with Gasteiger partial charge in [-0.2, -0.15) is 0 Å². The summed E-state index contributed by atoms with van der Waals surface area (Å²) in [6.07, 6.45) is 2.96. The van der Waals surface area contributed by atoms with Crippen LogP contribution in [-0.2, 0) is 4.79 Å². The second kappa shape index (κ2) is 5.52. The van der Waals surface area contributed by atoms with Gasteiger partial charge in [-0.3, -0.25) is 4.79 Å². The SMILES string of the molecule is Cc1ccc(/C=C/C(=O)Nc2ccc(F)cc2C)o1. The van der Waals surface area contributed by atoms with E-state index in [0.29, 0.717) is 17.0 Å². The molecule has 0 radical (unpaired) electrons. The molecule has 0 fully saturated rings. The van der Waals surface area contributed by atoms with Crippen LogP contribution >= 0.6 is 0 Å². The Labute approximate surface area is 110 Å². The van der Waals surface area contributed by atoms with Crippen molar-refractivity contribution in [2.45, 2.75) is 13.8 Å². The molecule has 0 unspecified atom stereocenters. The fourth-order valence-electron chi connectivity index (χ4n) is 1.64. The summed E-state index contributed by atoms with van der Waals surface area (Å²) in [7, 11) is 0. The van der Waals surface area contributed by atoms with E-state index in [2.05, 4.69) is 5.32 Å². The van der Waals surface area contributed by atoms with Crippen LogP contribution in [0.2, 0.25) is 0 Å². The molecule has 19 heavy (non-hydrogen) atoms. The summed E-state index contributed by atoms with van der Waals surface area (Å²) in [5.41, 5.74) is 1.27. The first-order chi connectivity index (χ1) is 9.04. The highest BCUT2D eigenvalue weighted by Gasteiger charge is 2.03. The summed E-state index contributed by atoms with van der Waals surface area (Å²) >= 11 is 0. The first-order valence-electron chi connectivity index (χ1n) is 5.86. The van der Waals surface area contributed by atoms with E-state index in [1.165, 1.54) is 24.3 Å². The number of hydrogen-bond acceptors (Lipinski definition) is 2. The molecule has 0 spiro atoms. The monoisotopic (exact) mass is 259 g/mol. The molecule has 0 aliphatic rings. The smallest absolute Gasteiger partial charge is 0.248 e. The number of anilines is 1. The van der Waals surface area contributed by atoms with E-state index < -0.39 is 0 Å². The molecule has 3 nitrogen and oxygen atoms in total. The van der Waals surface area contributed by atoms with E-state index in [4.69, 9.17) is 4.42 Å². The second-order valence-electron chi connectivity index (χ2n) is 4.23. The number of rotatable bonds is 3. The average Bonchev–Trinajstić information content (AvgIpc) is 2.76. The van der Waals surface area contributed by atoms with Crippen LogP contribution in [0.5, 0.6) is 0 Å². The van der Waals surface area contributed by atoms with Crippen LogP contribution in [0.4, 0.5) is 10.1 Å². The van der Waals surface area contributed by atoms with E-state index in [9.17, 15) is 9.18 Å². The number of benzene rings is 1. The quantitative estimate of drug-likeness (QED) is 0.854. The number of nitrogens with one attached hydrogen (secondary N) is 1. The Balaban J connectivity index is 2.03. The van der Waals surface area contributed by atoms with Gasteiger partial charge in [0.25, 0.3) is 0 Å². The largest absolute Gasteiger partial charge is 0.462 e. The predicted octanol–water partition coefficient (Wildman–Crippen LogP) is 3.69. The van der Waals surface area contributed by atoms with Gasteiger partial charge in [-0.05, 0) is 55.8 Å². The van der Waals surface area contributed by atoms with Crippen molar-refractivity contribution in [1.29, 1.82) is 0 Å².